The molecule has 1 aliphatic rings. The van der Waals surface area contributed by atoms with Crippen LogP contribution >= 0.6 is 0 Å². The molecule has 32 heavy (non-hydrogen) atoms. The molecule has 1 aliphatic heterocycles. The summed E-state index contributed by atoms with van der Waals surface area (Å²) in [5, 5.41) is 2.93. The summed E-state index contributed by atoms with van der Waals surface area (Å²) in [4.78, 5) is 12.8. The second kappa shape index (κ2) is 8.55. The highest BCUT2D eigenvalue weighted by Crippen LogP contribution is 2.34. The highest BCUT2D eigenvalue weighted by atomic mass is 32.2. The van der Waals surface area contributed by atoms with E-state index in [9.17, 15) is 13.2 Å². The lowest BCUT2D eigenvalue weighted by atomic mass is 10.1. The summed E-state index contributed by atoms with van der Waals surface area (Å²) in [5.41, 5.74) is 3.61. The average Bonchev–Trinajstić information content (AvgIpc) is 3.23. The van der Waals surface area contributed by atoms with Gasteiger partial charge in [-0.3, -0.25) is 9.52 Å². The minimum absolute atomic E-state index is 0.194. The van der Waals surface area contributed by atoms with E-state index < -0.39 is 10.0 Å². The lowest BCUT2D eigenvalue weighted by Crippen LogP contribution is -2.26. The lowest BCUT2D eigenvalue weighted by Gasteiger charge is -2.15. The molecular formula is C24H24N2O5S. The Bertz CT molecular complexity index is 1270. The number of rotatable bonds is 6. The number of sulfonamides is 1. The fourth-order valence-corrected chi connectivity index (χ4v) is 4.47. The summed E-state index contributed by atoms with van der Waals surface area (Å²) in [7, 11) is -3.72. The molecule has 0 fully saturated rings. The van der Waals surface area contributed by atoms with Gasteiger partial charge in [0.05, 0.1) is 10.9 Å². The van der Waals surface area contributed by atoms with Crippen LogP contribution < -0.4 is 19.5 Å². The van der Waals surface area contributed by atoms with Gasteiger partial charge in [0.15, 0.2) is 11.5 Å². The van der Waals surface area contributed by atoms with E-state index in [1.54, 1.807) is 42.5 Å². The number of nitrogens with one attached hydrogen (secondary N) is 2. The molecule has 166 valence electrons. The van der Waals surface area contributed by atoms with Crippen LogP contribution in [0.4, 0.5) is 5.69 Å². The monoisotopic (exact) mass is 452 g/mol. The number of hydrogen-bond acceptors (Lipinski definition) is 5. The Labute approximate surface area is 187 Å². The molecule has 0 aliphatic carbocycles. The van der Waals surface area contributed by atoms with Crippen molar-refractivity contribution in [2.75, 3.05) is 11.5 Å². The van der Waals surface area contributed by atoms with Crippen LogP contribution in [0.3, 0.4) is 0 Å². The summed E-state index contributed by atoms with van der Waals surface area (Å²) in [6.07, 6.45) is 0. The van der Waals surface area contributed by atoms with Crippen molar-refractivity contribution in [1.29, 1.82) is 0 Å². The number of carbonyl (C=O) groups is 1. The molecule has 0 bridgehead atoms. The number of fused-ring (bicyclic) bond motifs is 1. The van der Waals surface area contributed by atoms with Crippen LogP contribution in [0.5, 0.6) is 11.5 Å². The van der Waals surface area contributed by atoms with E-state index >= 15 is 0 Å². The molecule has 1 amide bonds. The van der Waals surface area contributed by atoms with Crippen molar-refractivity contribution in [3.63, 3.8) is 0 Å². The molecule has 0 spiro atoms. The maximum atomic E-state index is 12.7. The van der Waals surface area contributed by atoms with Gasteiger partial charge in [0.2, 0.25) is 6.79 Å². The van der Waals surface area contributed by atoms with Gasteiger partial charge in [-0.1, -0.05) is 12.1 Å². The molecule has 4 rings (SSSR count). The first-order chi connectivity index (χ1) is 15.2. The number of benzene rings is 3. The first-order valence-electron chi connectivity index (χ1n) is 10.1. The summed E-state index contributed by atoms with van der Waals surface area (Å²) in [6.45, 7) is 5.86. The summed E-state index contributed by atoms with van der Waals surface area (Å²) in [6, 6.07) is 16.6. The van der Waals surface area contributed by atoms with Gasteiger partial charge in [-0.25, -0.2) is 8.42 Å². The predicted octanol–water partition coefficient (Wildman–Crippen LogP) is 4.32. The van der Waals surface area contributed by atoms with Crippen LogP contribution in [0, 0.1) is 13.8 Å². The Morgan fingerprint density at radius 2 is 1.62 bits per heavy atom. The number of anilines is 1. The van der Waals surface area contributed by atoms with Gasteiger partial charge in [-0.15, -0.1) is 0 Å². The van der Waals surface area contributed by atoms with Gasteiger partial charge in [0, 0.05) is 11.3 Å². The van der Waals surface area contributed by atoms with Crippen LogP contribution in [-0.2, 0) is 10.0 Å². The Kier molecular flexibility index (Phi) is 5.80. The van der Waals surface area contributed by atoms with Crippen LogP contribution in [0.1, 0.15) is 40.0 Å². The van der Waals surface area contributed by atoms with Crippen molar-refractivity contribution >= 4 is 21.6 Å². The molecule has 3 aromatic carbocycles. The molecule has 1 unspecified atom stereocenters. The minimum atomic E-state index is -3.72. The predicted molar refractivity (Wildman–Crippen MR) is 122 cm³/mol. The van der Waals surface area contributed by atoms with Gasteiger partial charge < -0.3 is 14.8 Å². The van der Waals surface area contributed by atoms with Crippen molar-refractivity contribution in [3.8, 4) is 11.5 Å². The Balaban J connectivity index is 1.42. The highest BCUT2D eigenvalue weighted by Gasteiger charge is 2.18. The van der Waals surface area contributed by atoms with Crippen molar-refractivity contribution in [3.05, 3.63) is 82.9 Å². The Morgan fingerprint density at radius 1 is 0.906 bits per heavy atom. The van der Waals surface area contributed by atoms with E-state index in [1.165, 1.54) is 0 Å². The van der Waals surface area contributed by atoms with Crippen molar-refractivity contribution in [1.82, 2.24) is 5.32 Å². The van der Waals surface area contributed by atoms with Gasteiger partial charge in [0.1, 0.15) is 0 Å². The fraction of sp³-hybridized carbons (Fsp3) is 0.208. The largest absolute Gasteiger partial charge is 0.454 e. The number of amides is 1. The molecule has 1 atom stereocenters. The van der Waals surface area contributed by atoms with Crippen LogP contribution in [-0.4, -0.2) is 21.1 Å². The standard InChI is InChI=1S/C24H24N2O5S/c1-15-4-10-21(12-16(15)2)32(28,29)26-20-8-5-18(6-9-20)24(27)25-17(3)19-7-11-22-23(13-19)31-14-30-22/h4-13,17,26H,14H2,1-3H3,(H,25,27). The molecule has 8 heteroatoms. The third-order valence-corrected chi connectivity index (χ3v) is 6.81. The third kappa shape index (κ3) is 4.55. The van der Waals surface area contributed by atoms with Crippen molar-refractivity contribution in [2.24, 2.45) is 0 Å². The van der Waals surface area contributed by atoms with Crippen molar-refractivity contribution < 1.29 is 22.7 Å². The highest BCUT2D eigenvalue weighted by molar-refractivity contribution is 7.92. The zero-order valence-corrected chi connectivity index (χ0v) is 18.8. The maximum Gasteiger partial charge on any atom is 0.261 e. The molecule has 1 heterocycles. The zero-order chi connectivity index (χ0) is 22.9. The number of carbonyl (C=O) groups excluding carboxylic acids is 1. The number of aryl methyl sites for hydroxylation is 2. The average molecular weight is 453 g/mol. The van der Waals surface area contributed by atoms with Gasteiger partial charge in [0.25, 0.3) is 15.9 Å². The Morgan fingerprint density at radius 3 is 2.34 bits per heavy atom. The van der Waals surface area contributed by atoms with Gasteiger partial charge in [-0.2, -0.15) is 0 Å². The van der Waals surface area contributed by atoms with Crippen LogP contribution in [0.25, 0.3) is 0 Å². The summed E-state index contributed by atoms with van der Waals surface area (Å²) < 4.78 is 38.6. The van der Waals surface area contributed by atoms with Crippen LogP contribution in [0.15, 0.2) is 65.6 Å². The molecule has 2 N–H and O–H groups in total. The minimum Gasteiger partial charge on any atom is -0.454 e. The summed E-state index contributed by atoms with van der Waals surface area (Å²) >= 11 is 0. The van der Waals surface area contributed by atoms with E-state index in [0.29, 0.717) is 22.7 Å². The number of hydrogen-bond donors (Lipinski definition) is 2. The SMILES string of the molecule is Cc1ccc(S(=O)(=O)Nc2ccc(C(=O)NC(C)c3ccc4c(c3)OCO4)cc2)cc1C. The first kappa shape index (κ1) is 21.7. The van der Waals surface area contributed by atoms with E-state index in [-0.39, 0.29) is 23.6 Å². The molecule has 0 aromatic heterocycles. The summed E-state index contributed by atoms with van der Waals surface area (Å²) in [5.74, 6) is 1.08. The molecule has 0 saturated heterocycles. The fourth-order valence-electron chi connectivity index (χ4n) is 3.33. The van der Waals surface area contributed by atoms with Gasteiger partial charge >= 0.3 is 0 Å². The number of ether oxygens (including phenoxy) is 2. The second-order valence-electron chi connectivity index (χ2n) is 7.74. The van der Waals surface area contributed by atoms with E-state index in [0.717, 1.165) is 16.7 Å². The zero-order valence-electron chi connectivity index (χ0n) is 18.0. The molecular weight excluding hydrogens is 428 g/mol. The van der Waals surface area contributed by atoms with Crippen LogP contribution in [0.2, 0.25) is 0 Å². The van der Waals surface area contributed by atoms with Crippen molar-refractivity contribution in [2.45, 2.75) is 31.7 Å². The topological polar surface area (TPSA) is 93.7 Å². The maximum absolute atomic E-state index is 12.7. The quantitative estimate of drug-likeness (QED) is 0.581. The first-order valence-corrected chi connectivity index (χ1v) is 11.6. The Hall–Kier alpha value is -3.52. The second-order valence-corrected chi connectivity index (χ2v) is 9.42. The molecule has 7 nitrogen and oxygen atoms in total. The molecule has 0 radical (unpaired) electrons. The third-order valence-electron chi connectivity index (χ3n) is 5.43. The van der Waals surface area contributed by atoms with E-state index in [4.69, 9.17) is 9.47 Å². The smallest absolute Gasteiger partial charge is 0.261 e. The normalized spacial score (nSPS) is 13.5. The van der Waals surface area contributed by atoms with E-state index in [1.807, 2.05) is 39.0 Å². The lowest BCUT2D eigenvalue weighted by molar-refractivity contribution is 0.0940. The van der Waals surface area contributed by atoms with E-state index in [2.05, 4.69) is 10.0 Å². The molecule has 0 saturated carbocycles. The molecule has 3 aromatic rings. The van der Waals surface area contributed by atoms with Gasteiger partial charge in [-0.05, 0) is 86.0 Å².